The zero-order chi connectivity index (χ0) is 19.1. The Morgan fingerprint density at radius 2 is 1.73 bits per heavy atom. The van der Waals surface area contributed by atoms with Crippen LogP contribution in [0.2, 0.25) is 16.6 Å². The molecular formula is C19H31FN4OSi. The van der Waals surface area contributed by atoms with Gasteiger partial charge >= 0.3 is 0 Å². The average Bonchev–Trinajstić information content (AvgIpc) is 3.17. The van der Waals surface area contributed by atoms with Gasteiger partial charge in [0.25, 0.3) is 0 Å². The van der Waals surface area contributed by atoms with Gasteiger partial charge in [0, 0.05) is 19.3 Å². The Balaban J connectivity index is 1.80. The van der Waals surface area contributed by atoms with Gasteiger partial charge in [-0.2, -0.15) is 0 Å². The summed E-state index contributed by atoms with van der Waals surface area (Å²) in [6.45, 7) is 15.5. The molecular weight excluding hydrogens is 347 g/mol. The predicted molar refractivity (Wildman–Crippen MR) is 106 cm³/mol. The lowest BCUT2D eigenvalue weighted by atomic mass is 10.3. The summed E-state index contributed by atoms with van der Waals surface area (Å²) < 4.78 is 22.3. The highest BCUT2D eigenvalue weighted by Crippen LogP contribution is 2.43. The molecule has 1 fully saturated rings. The van der Waals surface area contributed by atoms with Gasteiger partial charge in [0.15, 0.2) is 5.65 Å². The molecule has 5 nitrogen and oxygen atoms in total. The van der Waals surface area contributed by atoms with Gasteiger partial charge in [0.2, 0.25) is 14.3 Å². The summed E-state index contributed by atoms with van der Waals surface area (Å²) in [5.41, 5.74) is 2.37. The molecule has 0 amide bonds. The molecule has 0 spiro atoms. The molecule has 3 heterocycles. The van der Waals surface area contributed by atoms with Crippen LogP contribution in [0.1, 0.15) is 48.0 Å². The van der Waals surface area contributed by atoms with E-state index in [1.54, 1.807) is 10.5 Å². The first-order valence-electron chi connectivity index (χ1n) is 9.68. The summed E-state index contributed by atoms with van der Waals surface area (Å²) in [4.78, 5) is 2.17. The lowest BCUT2D eigenvalue weighted by Gasteiger charge is -2.44. The van der Waals surface area contributed by atoms with E-state index in [4.69, 9.17) is 4.43 Å². The molecule has 2 aromatic rings. The van der Waals surface area contributed by atoms with Crippen molar-refractivity contribution in [3.05, 3.63) is 24.1 Å². The van der Waals surface area contributed by atoms with Gasteiger partial charge in [-0.1, -0.05) is 41.5 Å². The molecule has 1 saturated heterocycles. The van der Waals surface area contributed by atoms with Gasteiger partial charge in [-0.25, -0.2) is 4.39 Å². The normalized spacial score (nSPS) is 18.8. The van der Waals surface area contributed by atoms with Crippen molar-refractivity contribution >= 4 is 19.9 Å². The largest absolute Gasteiger partial charge is 0.411 e. The van der Waals surface area contributed by atoms with E-state index in [1.807, 2.05) is 0 Å². The molecule has 3 rings (SSSR count). The van der Waals surface area contributed by atoms with E-state index in [0.29, 0.717) is 28.2 Å². The second-order valence-corrected chi connectivity index (χ2v) is 13.8. The number of anilines is 1. The fourth-order valence-corrected chi connectivity index (χ4v) is 10.4. The third kappa shape index (κ3) is 3.27. The number of hydrogen-bond donors (Lipinski definition) is 0. The second kappa shape index (κ2) is 7.27. The number of rotatable bonds is 6. The average molecular weight is 379 g/mol. The van der Waals surface area contributed by atoms with Crippen molar-refractivity contribution in [1.29, 1.82) is 0 Å². The molecule has 0 N–H and O–H groups in total. The maximum atomic E-state index is 13.6. The van der Waals surface area contributed by atoms with Gasteiger partial charge in [-0.15, -0.1) is 10.2 Å². The fourth-order valence-electron chi connectivity index (χ4n) is 4.77. The van der Waals surface area contributed by atoms with E-state index in [2.05, 4.69) is 56.6 Å². The molecule has 1 unspecified atom stereocenters. The molecule has 0 aromatic carbocycles. The van der Waals surface area contributed by atoms with E-state index in [0.717, 1.165) is 19.5 Å². The minimum atomic E-state index is -1.90. The highest BCUT2D eigenvalue weighted by Gasteiger charge is 2.47. The number of aromatic nitrogens is 3. The van der Waals surface area contributed by atoms with E-state index >= 15 is 0 Å². The molecule has 7 heteroatoms. The topological polar surface area (TPSA) is 42.7 Å². The maximum Gasteiger partial charge on any atom is 0.231 e. The number of hydrogen-bond acceptors (Lipinski definition) is 4. The Morgan fingerprint density at radius 3 is 2.35 bits per heavy atom. The number of halogens is 1. The van der Waals surface area contributed by atoms with Gasteiger partial charge < -0.3 is 9.33 Å². The standard InChI is InChI=1S/C19H31FN4OSi/c1-13(2)26(14(3)4,15(5)6)25-17-9-10-23(12-17)19-22-21-18-8-7-16(20)11-24(18)19/h7-8,11,13-15,17H,9-10,12H2,1-6H3. The van der Waals surface area contributed by atoms with Crippen molar-refractivity contribution in [2.45, 2.75) is 70.7 Å². The van der Waals surface area contributed by atoms with Crippen molar-refractivity contribution in [2.75, 3.05) is 18.0 Å². The monoisotopic (exact) mass is 378 g/mol. The van der Waals surface area contributed by atoms with Gasteiger partial charge in [0.05, 0.1) is 6.10 Å². The zero-order valence-electron chi connectivity index (χ0n) is 16.7. The minimum Gasteiger partial charge on any atom is -0.411 e. The Bertz CT molecular complexity index is 739. The lowest BCUT2D eigenvalue weighted by molar-refractivity contribution is 0.194. The van der Waals surface area contributed by atoms with Crippen molar-refractivity contribution in [3.8, 4) is 0 Å². The van der Waals surface area contributed by atoms with E-state index < -0.39 is 8.32 Å². The first-order valence-corrected chi connectivity index (χ1v) is 11.8. The zero-order valence-corrected chi connectivity index (χ0v) is 17.7. The minimum absolute atomic E-state index is 0.203. The van der Waals surface area contributed by atoms with Gasteiger partial charge in [-0.05, 0) is 35.2 Å². The highest BCUT2D eigenvalue weighted by atomic mass is 28.4. The van der Waals surface area contributed by atoms with Crippen LogP contribution in [-0.4, -0.2) is 42.1 Å². The summed E-state index contributed by atoms with van der Waals surface area (Å²) in [6, 6.07) is 3.07. The summed E-state index contributed by atoms with van der Waals surface area (Å²) >= 11 is 0. The number of pyridine rings is 1. The number of fused-ring (bicyclic) bond motifs is 1. The first kappa shape index (κ1) is 19.3. The Kier molecular flexibility index (Phi) is 5.39. The maximum absolute atomic E-state index is 13.6. The predicted octanol–water partition coefficient (Wildman–Crippen LogP) is 4.64. The van der Waals surface area contributed by atoms with Crippen molar-refractivity contribution < 1.29 is 8.82 Å². The van der Waals surface area contributed by atoms with Crippen LogP contribution < -0.4 is 4.90 Å². The van der Waals surface area contributed by atoms with Crippen LogP contribution in [0, 0.1) is 5.82 Å². The highest BCUT2D eigenvalue weighted by molar-refractivity contribution is 6.77. The SMILES string of the molecule is CC(C)[Si](OC1CCN(c2nnc3ccc(F)cn23)C1)(C(C)C)C(C)C. The summed E-state index contributed by atoms with van der Waals surface area (Å²) in [5.74, 6) is 0.424. The Labute approximate surface area is 156 Å². The van der Waals surface area contributed by atoms with Crippen LogP contribution in [0.15, 0.2) is 18.3 Å². The van der Waals surface area contributed by atoms with Gasteiger partial charge in [0.1, 0.15) is 5.82 Å². The molecule has 1 aliphatic heterocycles. The Morgan fingerprint density at radius 1 is 1.08 bits per heavy atom. The molecule has 2 aromatic heterocycles. The van der Waals surface area contributed by atoms with Crippen LogP contribution in [0.25, 0.3) is 5.65 Å². The van der Waals surface area contributed by atoms with E-state index in [9.17, 15) is 4.39 Å². The van der Waals surface area contributed by atoms with Crippen LogP contribution in [0.3, 0.4) is 0 Å². The quantitative estimate of drug-likeness (QED) is 0.687. The van der Waals surface area contributed by atoms with Crippen LogP contribution >= 0.6 is 0 Å². The molecule has 1 atom stereocenters. The van der Waals surface area contributed by atoms with Crippen molar-refractivity contribution in [3.63, 3.8) is 0 Å². The molecule has 0 saturated carbocycles. The lowest BCUT2D eigenvalue weighted by Crippen LogP contribution is -2.50. The Hall–Kier alpha value is -1.47. The van der Waals surface area contributed by atoms with Crippen LogP contribution in [0.4, 0.5) is 10.3 Å². The van der Waals surface area contributed by atoms with Crippen molar-refractivity contribution in [2.24, 2.45) is 0 Å². The molecule has 0 bridgehead atoms. The number of nitrogens with zero attached hydrogens (tertiary/aromatic N) is 4. The fraction of sp³-hybridized carbons (Fsp3) is 0.684. The summed E-state index contributed by atoms with van der Waals surface area (Å²) in [7, 11) is -1.90. The molecule has 144 valence electrons. The third-order valence-corrected chi connectivity index (χ3v) is 12.0. The van der Waals surface area contributed by atoms with E-state index in [-0.39, 0.29) is 11.9 Å². The van der Waals surface area contributed by atoms with Gasteiger partial charge in [-0.3, -0.25) is 4.40 Å². The summed E-state index contributed by atoms with van der Waals surface area (Å²) in [5, 5.41) is 8.44. The van der Waals surface area contributed by atoms with E-state index in [1.165, 1.54) is 12.3 Å². The molecule has 26 heavy (non-hydrogen) atoms. The molecule has 0 aliphatic carbocycles. The first-order chi connectivity index (χ1) is 12.3. The van der Waals surface area contributed by atoms with Crippen LogP contribution in [0.5, 0.6) is 0 Å². The molecule has 0 radical (unpaired) electrons. The molecule has 1 aliphatic rings. The van der Waals surface area contributed by atoms with Crippen molar-refractivity contribution in [1.82, 2.24) is 14.6 Å². The smallest absolute Gasteiger partial charge is 0.231 e. The van der Waals surface area contributed by atoms with Crippen LogP contribution in [-0.2, 0) is 4.43 Å². The second-order valence-electron chi connectivity index (χ2n) is 8.37. The summed E-state index contributed by atoms with van der Waals surface area (Å²) in [6.07, 6.45) is 2.63. The third-order valence-electron chi connectivity index (χ3n) is 5.85.